The molecule has 0 fully saturated rings. The van der Waals surface area contributed by atoms with Crippen molar-refractivity contribution in [1.82, 2.24) is 9.78 Å². The molecule has 168 valence electrons. The van der Waals surface area contributed by atoms with Crippen molar-refractivity contribution in [3.05, 3.63) is 69.5 Å². The van der Waals surface area contributed by atoms with Gasteiger partial charge in [0.05, 0.1) is 12.8 Å². The van der Waals surface area contributed by atoms with Crippen LogP contribution < -0.4 is 15.0 Å². The molecule has 7 nitrogen and oxygen atoms in total. The van der Waals surface area contributed by atoms with E-state index in [2.05, 4.69) is 9.82 Å². The molecule has 0 amide bonds. The number of anilines is 1. The van der Waals surface area contributed by atoms with Gasteiger partial charge in [0.2, 0.25) is 0 Å². The monoisotopic (exact) mass is 453 g/mol. The Morgan fingerprint density at radius 3 is 2.41 bits per heavy atom. The van der Waals surface area contributed by atoms with Gasteiger partial charge in [0, 0.05) is 23.4 Å². The smallest absolute Gasteiger partial charge is 0.270 e. The number of aryl methyl sites for hydroxylation is 2. The number of ether oxygens (including phenoxy) is 1. The fraction of sp³-hybridized carbons (Fsp3) is 0.333. The Kier molecular flexibility index (Phi) is 6.06. The molecule has 3 aromatic rings. The maximum Gasteiger partial charge on any atom is 0.270 e. The van der Waals surface area contributed by atoms with Crippen molar-refractivity contribution in [2.45, 2.75) is 51.0 Å². The van der Waals surface area contributed by atoms with Gasteiger partial charge in [-0.15, -0.1) is 0 Å². The lowest BCUT2D eigenvalue weighted by atomic mass is 9.90. The van der Waals surface area contributed by atoms with Gasteiger partial charge in [0.15, 0.2) is 0 Å². The maximum absolute atomic E-state index is 13.2. The number of hydrogen-bond acceptors (Lipinski definition) is 5. The van der Waals surface area contributed by atoms with Crippen LogP contribution in [0.15, 0.2) is 52.2 Å². The molecule has 1 N–H and O–H groups in total. The van der Waals surface area contributed by atoms with Crippen LogP contribution in [-0.4, -0.2) is 25.3 Å². The number of sulfonamides is 1. The van der Waals surface area contributed by atoms with Crippen LogP contribution in [0.1, 0.15) is 36.5 Å². The van der Waals surface area contributed by atoms with Crippen LogP contribution in [0.4, 0.5) is 5.69 Å². The van der Waals surface area contributed by atoms with E-state index in [0.717, 1.165) is 42.4 Å². The first-order valence-electron chi connectivity index (χ1n) is 10.7. The fourth-order valence-corrected chi connectivity index (χ4v) is 5.35. The summed E-state index contributed by atoms with van der Waals surface area (Å²) in [7, 11) is -2.47. The van der Waals surface area contributed by atoms with E-state index >= 15 is 0 Å². The molecule has 0 saturated heterocycles. The topological polar surface area (TPSA) is 90.3 Å². The van der Waals surface area contributed by atoms with E-state index in [1.165, 1.54) is 11.8 Å². The van der Waals surface area contributed by atoms with E-state index in [0.29, 0.717) is 23.5 Å². The molecule has 0 unspecified atom stereocenters. The Labute approximate surface area is 188 Å². The van der Waals surface area contributed by atoms with Gasteiger partial charge in [0.1, 0.15) is 10.6 Å². The Morgan fingerprint density at radius 2 is 1.75 bits per heavy atom. The van der Waals surface area contributed by atoms with Crippen molar-refractivity contribution in [3.8, 4) is 17.0 Å². The van der Waals surface area contributed by atoms with Crippen LogP contribution >= 0.6 is 0 Å². The average Bonchev–Trinajstić information content (AvgIpc) is 2.80. The number of hydrogen-bond donors (Lipinski definition) is 1. The van der Waals surface area contributed by atoms with Gasteiger partial charge in [-0.2, -0.15) is 5.10 Å². The maximum atomic E-state index is 13.2. The highest BCUT2D eigenvalue weighted by atomic mass is 32.2. The van der Waals surface area contributed by atoms with Crippen molar-refractivity contribution in [1.29, 1.82) is 0 Å². The van der Waals surface area contributed by atoms with E-state index < -0.39 is 10.0 Å². The summed E-state index contributed by atoms with van der Waals surface area (Å²) in [4.78, 5) is 12.8. The Hall–Kier alpha value is -3.13. The third-order valence-electron chi connectivity index (χ3n) is 5.80. The van der Waals surface area contributed by atoms with Crippen LogP contribution in [0.5, 0.6) is 5.75 Å². The van der Waals surface area contributed by atoms with Crippen molar-refractivity contribution in [2.75, 3.05) is 11.8 Å². The summed E-state index contributed by atoms with van der Waals surface area (Å²) >= 11 is 0. The molecule has 4 rings (SSSR count). The highest BCUT2D eigenvalue weighted by Crippen LogP contribution is 2.34. The van der Waals surface area contributed by atoms with Crippen LogP contribution in [-0.2, 0) is 29.4 Å². The third kappa shape index (κ3) is 4.14. The first-order valence-corrected chi connectivity index (χ1v) is 12.2. The predicted molar refractivity (Wildman–Crippen MR) is 125 cm³/mol. The average molecular weight is 454 g/mol. The fourth-order valence-electron chi connectivity index (χ4n) is 4.10. The number of benzene rings is 2. The van der Waals surface area contributed by atoms with Gasteiger partial charge in [-0.1, -0.05) is 17.7 Å². The molecule has 0 aliphatic heterocycles. The lowest BCUT2D eigenvalue weighted by Crippen LogP contribution is -2.30. The van der Waals surface area contributed by atoms with Gasteiger partial charge in [-0.25, -0.2) is 13.1 Å². The summed E-state index contributed by atoms with van der Waals surface area (Å²) in [5.41, 5.74) is 4.49. The van der Waals surface area contributed by atoms with E-state index in [1.54, 1.807) is 30.3 Å². The van der Waals surface area contributed by atoms with E-state index in [9.17, 15) is 13.2 Å². The summed E-state index contributed by atoms with van der Waals surface area (Å²) < 4.78 is 35.9. The highest BCUT2D eigenvalue weighted by molar-refractivity contribution is 7.92. The minimum Gasteiger partial charge on any atom is -0.495 e. The zero-order valence-electron chi connectivity index (χ0n) is 18.5. The lowest BCUT2D eigenvalue weighted by molar-refractivity contribution is 0.403. The SMILES string of the molecule is CCn1nc(-c2ccc(OC)c(S(=O)(=O)Nc3ccc(C)cc3)c2)c2c(c1=O)CCCC2. The quantitative estimate of drug-likeness (QED) is 0.611. The largest absolute Gasteiger partial charge is 0.495 e. The Morgan fingerprint density at radius 1 is 1.06 bits per heavy atom. The van der Waals surface area contributed by atoms with E-state index in [-0.39, 0.29) is 16.2 Å². The molecule has 8 heteroatoms. The van der Waals surface area contributed by atoms with Crippen molar-refractivity contribution in [2.24, 2.45) is 0 Å². The minimum absolute atomic E-state index is 0.0266. The number of rotatable bonds is 6. The zero-order valence-corrected chi connectivity index (χ0v) is 19.3. The third-order valence-corrected chi connectivity index (χ3v) is 7.20. The van der Waals surface area contributed by atoms with Crippen molar-refractivity contribution < 1.29 is 13.2 Å². The molecule has 32 heavy (non-hydrogen) atoms. The van der Waals surface area contributed by atoms with E-state index in [4.69, 9.17) is 4.74 Å². The minimum atomic E-state index is -3.92. The Bertz CT molecular complexity index is 1310. The zero-order chi connectivity index (χ0) is 22.9. The van der Waals surface area contributed by atoms with Gasteiger partial charge in [-0.3, -0.25) is 9.52 Å². The molecule has 1 aliphatic rings. The first-order chi connectivity index (χ1) is 15.3. The van der Waals surface area contributed by atoms with Gasteiger partial charge < -0.3 is 4.74 Å². The molecule has 0 bridgehead atoms. The first kappa shape index (κ1) is 22.1. The van der Waals surface area contributed by atoms with Crippen LogP contribution in [0.3, 0.4) is 0 Å². The summed E-state index contributed by atoms with van der Waals surface area (Å²) in [6.45, 7) is 4.27. The summed E-state index contributed by atoms with van der Waals surface area (Å²) in [6, 6.07) is 12.1. The molecular formula is C24H27N3O4S. The van der Waals surface area contributed by atoms with Gasteiger partial charge in [-0.05, 0) is 75.4 Å². The summed E-state index contributed by atoms with van der Waals surface area (Å²) in [6.07, 6.45) is 3.43. The summed E-state index contributed by atoms with van der Waals surface area (Å²) in [5, 5.41) is 4.59. The molecule has 2 aromatic carbocycles. The molecule has 0 radical (unpaired) electrons. The summed E-state index contributed by atoms with van der Waals surface area (Å²) in [5.74, 6) is 0.242. The predicted octanol–water partition coefficient (Wildman–Crippen LogP) is 3.93. The second-order valence-corrected chi connectivity index (χ2v) is 9.62. The molecule has 0 saturated carbocycles. The second kappa shape index (κ2) is 8.78. The van der Waals surface area contributed by atoms with Gasteiger partial charge >= 0.3 is 0 Å². The lowest BCUT2D eigenvalue weighted by Gasteiger charge is -2.20. The molecule has 1 aromatic heterocycles. The van der Waals surface area contributed by atoms with Crippen LogP contribution in [0.2, 0.25) is 0 Å². The standard InChI is InChI=1S/C24H27N3O4S/c1-4-27-24(28)20-8-6-5-7-19(20)23(25-27)17-11-14-21(31-3)22(15-17)32(29,30)26-18-12-9-16(2)10-13-18/h9-15,26H,4-8H2,1-3H3. The number of nitrogens with one attached hydrogen (secondary N) is 1. The molecule has 0 spiro atoms. The number of nitrogens with zero attached hydrogens (tertiary/aromatic N) is 2. The molecule has 1 aliphatic carbocycles. The highest BCUT2D eigenvalue weighted by Gasteiger charge is 2.25. The number of fused-ring (bicyclic) bond motifs is 1. The molecular weight excluding hydrogens is 426 g/mol. The van der Waals surface area contributed by atoms with E-state index in [1.807, 2.05) is 26.0 Å². The molecule has 0 atom stereocenters. The Balaban J connectivity index is 1.84. The molecule has 1 heterocycles. The van der Waals surface area contributed by atoms with Crippen molar-refractivity contribution >= 4 is 15.7 Å². The number of methoxy groups -OCH3 is 1. The van der Waals surface area contributed by atoms with Gasteiger partial charge in [0.25, 0.3) is 15.6 Å². The number of aromatic nitrogens is 2. The van der Waals surface area contributed by atoms with Crippen LogP contribution in [0, 0.1) is 6.92 Å². The second-order valence-electron chi connectivity index (χ2n) is 7.97. The van der Waals surface area contributed by atoms with Crippen molar-refractivity contribution in [3.63, 3.8) is 0 Å². The van der Waals surface area contributed by atoms with Crippen LogP contribution in [0.25, 0.3) is 11.3 Å². The normalized spacial score (nSPS) is 13.5.